The summed E-state index contributed by atoms with van der Waals surface area (Å²) in [5, 5.41) is 20.3. The van der Waals surface area contributed by atoms with Gasteiger partial charge in [0.1, 0.15) is 5.75 Å². The van der Waals surface area contributed by atoms with Crippen molar-refractivity contribution >= 4 is 17.2 Å². The zero-order valence-corrected chi connectivity index (χ0v) is 18.1. The lowest BCUT2D eigenvalue weighted by atomic mass is 10.1. The van der Waals surface area contributed by atoms with Crippen molar-refractivity contribution in [2.24, 2.45) is 0 Å². The second kappa shape index (κ2) is 8.55. The van der Waals surface area contributed by atoms with Crippen molar-refractivity contribution in [3.05, 3.63) is 59.2 Å². The summed E-state index contributed by atoms with van der Waals surface area (Å²) in [7, 11) is 0. The summed E-state index contributed by atoms with van der Waals surface area (Å²) in [4.78, 5) is 12.5. The molecule has 3 aromatic heterocycles. The Morgan fingerprint density at radius 2 is 1.81 bits per heavy atom. The summed E-state index contributed by atoms with van der Waals surface area (Å²) >= 11 is 0. The first-order valence-corrected chi connectivity index (χ1v) is 10.2. The Hall–Kier alpha value is -3.75. The molecule has 4 rings (SSSR count). The third-order valence-corrected chi connectivity index (χ3v) is 5.11. The number of hydrogen-bond donors (Lipinski definition) is 1. The first-order chi connectivity index (χ1) is 15.0. The number of ether oxygens (including phenoxy) is 1. The van der Waals surface area contributed by atoms with E-state index in [1.807, 2.05) is 64.1 Å². The van der Waals surface area contributed by atoms with Gasteiger partial charge in [-0.3, -0.25) is 4.79 Å². The molecule has 0 aliphatic heterocycles. The average molecular weight is 419 g/mol. The predicted molar refractivity (Wildman–Crippen MR) is 117 cm³/mol. The molecule has 1 amide bonds. The topological polar surface area (TPSA) is 99.2 Å². The predicted octanol–water partition coefficient (Wildman–Crippen LogP) is 3.21. The van der Waals surface area contributed by atoms with Crippen LogP contribution in [0.25, 0.3) is 11.5 Å². The Morgan fingerprint density at radius 1 is 1.03 bits per heavy atom. The molecule has 9 heteroatoms. The highest BCUT2D eigenvalue weighted by atomic mass is 16.5. The monoisotopic (exact) mass is 419 g/mol. The van der Waals surface area contributed by atoms with E-state index in [0.29, 0.717) is 36.7 Å². The van der Waals surface area contributed by atoms with E-state index in [9.17, 15) is 4.79 Å². The molecule has 1 aromatic carbocycles. The number of nitrogens with zero attached hydrogens (tertiary/aromatic N) is 6. The van der Waals surface area contributed by atoms with E-state index in [4.69, 9.17) is 4.74 Å². The molecular formula is C22H25N7O2. The molecule has 0 atom stereocenters. The number of carbonyl (C=O) groups is 1. The Labute approximate surface area is 180 Å². The van der Waals surface area contributed by atoms with Crippen LogP contribution in [0.2, 0.25) is 0 Å². The van der Waals surface area contributed by atoms with Crippen molar-refractivity contribution < 1.29 is 9.53 Å². The van der Waals surface area contributed by atoms with Crippen LogP contribution < -0.4 is 10.1 Å². The second-order valence-corrected chi connectivity index (χ2v) is 7.28. The zero-order chi connectivity index (χ0) is 22.0. The minimum atomic E-state index is -0.0460. The number of aromatic nitrogens is 6. The quantitative estimate of drug-likeness (QED) is 0.494. The minimum absolute atomic E-state index is 0.0460. The maximum absolute atomic E-state index is 12.5. The second-order valence-electron chi connectivity index (χ2n) is 7.28. The number of hydrogen-bond acceptors (Lipinski definition) is 6. The van der Waals surface area contributed by atoms with Crippen LogP contribution >= 0.6 is 0 Å². The third-order valence-electron chi connectivity index (χ3n) is 5.11. The number of fused-ring (bicyclic) bond motifs is 1. The Kier molecular flexibility index (Phi) is 5.66. The fourth-order valence-corrected chi connectivity index (χ4v) is 3.52. The van der Waals surface area contributed by atoms with Gasteiger partial charge in [0.15, 0.2) is 17.3 Å². The molecule has 4 aromatic rings. The van der Waals surface area contributed by atoms with Gasteiger partial charge in [0.05, 0.1) is 12.3 Å². The van der Waals surface area contributed by atoms with Gasteiger partial charge in [-0.1, -0.05) is 0 Å². The third kappa shape index (κ3) is 4.25. The summed E-state index contributed by atoms with van der Waals surface area (Å²) in [5.74, 6) is 2.13. The number of nitrogens with one attached hydrogen (secondary N) is 1. The molecule has 0 spiro atoms. The van der Waals surface area contributed by atoms with Gasteiger partial charge in [-0.05, 0) is 76.1 Å². The van der Waals surface area contributed by atoms with Crippen molar-refractivity contribution in [1.29, 1.82) is 0 Å². The summed E-state index contributed by atoms with van der Waals surface area (Å²) in [6, 6.07) is 11.1. The summed E-state index contributed by atoms with van der Waals surface area (Å²) in [6.07, 6.45) is 0.950. The minimum Gasteiger partial charge on any atom is -0.494 e. The van der Waals surface area contributed by atoms with Gasteiger partial charge >= 0.3 is 0 Å². The van der Waals surface area contributed by atoms with Gasteiger partial charge < -0.3 is 10.1 Å². The van der Waals surface area contributed by atoms with Gasteiger partial charge in [0.25, 0.3) is 0 Å². The molecule has 0 aliphatic carbocycles. The van der Waals surface area contributed by atoms with Crippen LogP contribution in [0.3, 0.4) is 0 Å². The number of anilines is 1. The molecule has 160 valence electrons. The van der Waals surface area contributed by atoms with Crippen LogP contribution in [0.5, 0.6) is 5.75 Å². The Bertz CT molecular complexity index is 1220. The van der Waals surface area contributed by atoms with Crippen LogP contribution in [0.4, 0.5) is 5.69 Å². The molecule has 0 bridgehead atoms. The molecule has 9 nitrogen and oxygen atoms in total. The summed E-state index contributed by atoms with van der Waals surface area (Å²) in [5.41, 5.74) is 4.33. The highest BCUT2D eigenvalue weighted by Crippen LogP contribution is 2.20. The van der Waals surface area contributed by atoms with Crippen molar-refractivity contribution in [2.45, 2.75) is 40.5 Å². The Balaban J connectivity index is 1.46. The molecule has 31 heavy (non-hydrogen) atoms. The number of amides is 1. The van der Waals surface area contributed by atoms with Crippen LogP contribution in [-0.4, -0.2) is 42.1 Å². The van der Waals surface area contributed by atoms with Gasteiger partial charge in [-0.25, -0.2) is 4.68 Å². The maximum atomic E-state index is 12.5. The number of aryl methyl sites for hydroxylation is 2. The average Bonchev–Trinajstić information content (AvgIpc) is 3.27. The van der Waals surface area contributed by atoms with Gasteiger partial charge in [0.2, 0.25) is 5.91 Å². The molecular weight excluding hydrogens is 394 g/mol. The van der Waals surface area contributed by atoms with Crippen LogP contribution in [-0.2, 0) is 11.2 Å². The lowest BCUT2D eigenvalue weighted by Crippen LogP contribution is -2.12. The van der Waals surface area contributed by atoms with E-state index in [0.717, 1.165) is 28.4 Å². The van der Waals surface area contributed by atoms with Gasteiger partial charge in [0, 0.05) is 17.8 Å². The fourth-order valence-electron chi connectivity index (χ4n) is 3.52. The molecule has 0 saturated heterocycles. The first kappa shape index (κ1) is 20.5. The maximum Gasteiger partial charge on any atom is 0.224 e. The van der Waals surface area contributed by atoms with E-state index >= 15 is 0 Å². The Morgan fingerprint density at radius 3 is 2.55 bits per heavy atom. The van der Waals surface area contributed by atoms with Crippen molar-refractivity contribution in [3.8, 4) is 11.6 Å². The van der Waals surface area contributed by atoms with E-state index in [-0.39, 0.29) is 5.91 Å². The fraction of sp³-hybridized carbons (Fsp3) is 0.318. The number of rotatable bonds is 7. The number of benzene rings is 1. The normalized spacial score (nSPS) is 11.1. The van der Waals surface area contributed by atoms with E-state index < -0.39 is 0 Å². The highest BCUT2D eigenvalue weighted by molar-refractivity contribution is 5.90. The van der Waals surface area contributed by atoms with Crippen LogP contribution in [0.1, 0.15) is 36.1 Å². The summed E-state index contributed by atoms with van der Waals surface area (Å²) in [6.45, 7) is 8.34. The smallest absolute Gasteiger partial charge is 0.224 e. The molecule has 0 aliphatic rings. The SMILES string of the molecule is CCOc1ccc(NC(=O)CCc2c(C)nn(-c3ccc4nnc(C)n4n3)c2C)cc1. The highest BCUT2D eigenvalue weighted by Gasteiger charge is 2.16. The van der Waals surface area contributed by atoms with E-state index in [1.54, 1.807) is 9.20 Å². The lowest BCUT2D eigenvalue weighted by Gasteiger charge is -2.08. The molecule has 1 N–H and O–H groups in total. The molecule has 0 radical (unpaired) electrons. The van der Waals surface area contributed by atoms with Gasteiger partial charge in [-0.15, -0.1) is 15.3 Å². The lowest BCUT2D eigenvalue weighted by molar-refractivity contribution is -0.116. The molecule has 0 fully saturated rings. The van der Waals surface area contributed by atoms with E-state index in [1.165, 1.54) is 0 Å². The van der Waals surface area contributed by atoms with Crippen LogP contribution in [0.15, 0.2) is 36.4 Å². The van der Waals surface area contributed by atoms with E-state index in [2.05, 4.69) is 25.7 Å². The van der Waals surface area contributed by atoms with Crippen molar-refractivity contribution in [3.63, 3.8) is 0 Å². The van der Waals surface area contributed by atoms with Crippen LogP contribution in [0, 0.1) is 20.8 Å². The van der Waals surface area contributed by atoms with Gasteiger partial charge in [-0.2, -0.15) is 9.61 Å². The first-order valence-electron chi connectivity index (χ1n) is 10.2. The largest absolute Gasteiger partial charge is 0.494 e. The standard InChI is InChI=1S/C22H25N7O2/c1-5-31-18-8-6-17(7-9-18)23-22(30)13-10-19-14(2)26-28(15(19)3)21-12-11-20-25-24-16(4)29(20)27-21/h6-9,11-12H,5,10,13H2,1-4H3,(H,23,30). The summed E-state index contributed by atoms with van der Waals surface area (Å²) < 4.78 is 8.92. The molecule has 0 saturated carbocycles. The zero-order valence-electron chi connectivity index (χ0n) is 18.1. The molecule has 3 heterocycles. The number of carbonyl (C=O) groups excluding carboxylic acids is 1. The molecule has 0 unspecified atom stereocenters. The van der Waals surface area contributed by atoms with Crippen molar-refractivity contribution in [2.75, 3.05) is 11.9 Å². The van der Waals surface area contributed by atoms with Crippen molar-refractivity contribution in [1.82, 2.24) is 29.6 Å².